The molecule has 2 aromatic heterocycles. The molecule has 0 unspecified atom stereocenters. The molecule has 0 radical (unpaired) electrons. The van der Waals surface area contributed by atoms with Crippen molar-refractivity contribution in [3.05, 3.63) is 6.33 Å². The summed E-state index contributed by atoms with van der Waals surface area (Å²) in [4.78, 5) is 12.3. The highest BCUT2D eigenvalue weighted by atomic mass is 19.1. The van der Waals surface area contributed by atoms with E-state index >= 15 is 0 Å². The molecule has 5 N–H and O–H groups in total. The summed E-state index contributed by atoms with van der Waals surface area (Å²) in [5, 5.41) is 22.5. The van der Waals surface area contributed by atoms with Crippen molar-refractivity contribution in [3.63, 3.8) is 0 Å². The average molecular weight is 326 g/mol. The molecule has 0 aliphatic carbocycles. The number of nitrogens with zero attached hydrogens (tertiary/aromatic N) is 4. The minimum absolute atomic E-state index is 0.00136. The Labute approximate surface area is 131 Å². The highest BCUT2D eigenvalue weighted by Crippen LogP contribution is 2.41. The summed E-state index contributed by atoms with van der Waals surface area (Å²) < 4.78 is 21.6. The number of halogens is 1. The predicted molar refractivity (Wildman–Crippen MR) is 80.4 cm³/mol. The van der Waals surface area contributed by atoms with Gasteiger partial charge < -0.3 is 26.0 Å². The smallest absolute Gasteiger partial charge is 0.224 e. The average Bonchev–Trinajstić information content (AvgIpc) is 3.07. The molecule has 3 heterocycles. The number of alkyl halides is 1. The van der Waals surface area contributed by atoms with E-state index in [1.54, 1.807) is 14.0 Å². The van der Waals surface area contributed by atoms with Gasteiger partial charge in [-0.3, -0.25) is 4.57 Å². The largest absolute Gasteiger partial charge is 0.393 e. The van der Waals surface area contributed by atoms with Gasteiger partial charge in [-0.25, -0.2) is 9.37 Å². The number of aliphatic hydroxyl groups excluding tert-OH is 2. The maximum atomic E-state index is 14.6. The molecular weight excluding hydrogens is 307 g/mol. The lowest BCUT2D eigenvalue weighted by atomic mass is 9.94. The number of nitrogens with one attached hydrogen (secondary N) is 1. The van der Waals surface area contributed by atoms with Crippen LogP contribution in [0.25, 0.3) is 11.2 Å². The molecule has 0 spiro atoms. The fourth-order valence-electron chi connectivity index (χ4n) is 2.86. The second-order valence-corrected chi connectivity index (χ2v) is 5.48. The van der Waals surface area contributed by atoms with E-state index < -0.39 is 30.7 Å². The number of imidazole rings is 1. The maximum absolute atomic E-state index is 14.6. The molecule has 1 aliphatic rings. The van der Waals surface area contributed by atoms with Gasteiger partial charge in [0, 0.05) is 7.05 Å². The van der Waals surface area contributed by atoms with Crippen molar-refractivity contribution in [2.45, 2.75) is 37.4 Å². The second-order valence-electron chi connectivity index (χ2n) is 5.48. The summed E-state index contributed by atoms with van der Waals surface area (Å²) in [5.41, 5.74) is 5.00. The minimum atomic E-state index is -1.74. The van der Waals surface area contributed by atoms with Gasteiger partial charge in [0.1, 0.15) is 11.7 Å². The SMILES string of the molecule is CC[C@]1(CO)O[C@@H](n2cnc3c(NC)nc(N)nc32)[C@H](F)[C@@H]1O. The zero-order chi connectivity index (χ0) is 16.8. The van der Waals surface area contributed by atoms with Crippen LogP contribution in [-0.2, 0) is 4.74 Å². The van der Waals surface area contributed by atoms with Crippen LogP contribution in [-0.4, -0.2) is 61.3 Å². The number of anilines is 2. The van der Waals surface area contributed by atoms with Crippen molar-refractivity contribution in [2.75, 3.05) is 24.7 Å². The van der Waals surface area contributed by atoms with E-state index in [1.807, 2.05) is 0 Å². The Morgan fingerprint density at radius 2 is 2.26 bits per heavy atom. The zero-order valence-corrected chi connectivity index (χ0v) is 12.8. The first-order valence-corrected chi connectivity index (χ1v) is 7.26. The van der Waals surface area contributed by atoms with Gasteiger partial charge in [-0.2, -0.15) is 9.97 Å². The van der Waals surface area contributed by atoms with Crippen molar-refractivity contribution < 1.29 is 19.3 Å². The van der Waals surface area contributed by atoms with Crippen LogP contribution in [0.15, 0.2) is 6.33 Å². The molecule has 1 aliphatic heterocycles. The van der Waals surface area contributed by atoms with Gasteiger partial charge in [-0.15, -0.1) is 0 Å². The summed E-state index contributed by atoms with van der Waals surface area (Å²) in [6.45, 7) is 1.22. The Morgan fingerprint density at radius 1 is 1.52 bits per heavy atom. The lowest BCUT2D eigenvalue weighted by molar-refractivity contribution is -0.128. The van der Waals surface area contributed by atoms with E-state index in [0.717, 1.165) is 0 Å². The van der Waals surface area contributed by atoms with E-state index in [2.05, 4.69) is 20.3 Å². The fourth-order valence-corrected chi connectivity index (χ4v) is 2.86. The first-order valence-electron chi connectivity index (χ1n) is 7.26. The van der Waals surface area contributed by atoms with Crippen LogP contribution in [0.2, 0.25) is 0 Å². The number of hydrogen-bond acceptors (Lipinski definition) is 8. The Morgan fingerprint density at radius 3 is 2.83 bits per heavy atom. The molecule has 4 atom stereocenters. The van der Waals surface area contributed by atoms with E-state index in [-0.39, 0.29) is 18.0 Å². The van der Waals surface area contributed by atoms with Crippen LogP contribution >= 0.6 is 0 Å². The van der Waals surface area contributed by atoms with Crippen LogP contribution in [0.4, 0.5) is 16.2 Å². The Balaban J connectivity index is 2.09. The van der Waals surface area contributed by atoms with Gasteiger partial charge in [0.2, 0.25) is 5.95 Å². The molecule has 10 heteroatoms. The fraction of sp³-hybridized carbons (Fsp3) is 0.615. The molecular formula is C13H19FN6O3. The summed E-state index contributed by atoms with van der Waals surface area (Å²) in [5.74, 6) is 0.408. The van der Waals surface area contributed by atoms with E-state index in [1.165, 1.54) is 10.9 Å². The Hall–Kier alpha value is -2.04. The first-order chi connectivity index (χ1) is 11.0. The number of rotatable bonds is 4. The summed E-state index contributed by atoms with van der Waals surface area (Å²) in [6, 6.07) is 0. The molecule has 23 heavy (non-hydrogen) atoms. The van der Waals surface area contributed by atoms with Gasteiger partial charge in [0.25, 0.3) is 0 Å². The molecule has 126 valence electrons. The van der Waals surface area contributed by atoms with E-state index in [4.69, 9.17) is 10.5 Å². The van der Waals surface area contributed by atoms with Crippen LogP contribution in [0, 0.1) is 0 Å². The molecule has 0 saturated carbocycles. The predicted octanol–water partition coefficient (Wildman–Crippen LogP) is -0.181. The number of hydrogen-bond donors (Lipinski definition) is 4. The number of nitrogens with two attached hydrogens (primary N) is 1. The van der Waals surface area contributed by atoms with Gasteiger partial charge in [0.05, 0.1) is 12.9 Å². The number of ether oxygens (including phenoxy) is 1. The highest BCUT2D eigenvalue weighted by molar-refractivity contribution is 5.84. The summed E-state index contributed by atoms with van der Waals surface area (Å²) in [6.07, 6.45) is -2.75. The summed E-state index contributed by atoms with van der Waals surface area (Å²) in [7, 11) is 1.65. The lowest BCUT2D eigenvalue weighted by Crippen LogP contribution is -2.44. The van der Waals surface area contributed by atoms with Crippen molar-refractivity contribution >= 4 is 22.9 Å². The van der Waals surface area contributed by atoms with Gasteiger partial charge in [-0.05, 0) is 6.42 Å². The molecule has 0 amide bonds. The molecule has 1 fully saturated rings. The van der Waals surface area contributed by atoms with Gasteiger partial charge in [-0.1, -0.05) is 6.92 Å². The molecule has 0 bridgehead atoms. The third-order valence-electron chi connectivity index (χ3n) is 4.28. The van der Waals surface area contributed by atoms with Crippen LogP contribution in [0.5, 0.6) is 0 Å². The zero-order valence-electron chi connectivity index (χ0n) is 12.8. The topological polar surface area (TPSA) is 131 Å². The number of nitrogen functional groups attached to an aromatic ring is 1. The van der Waals surface area contributed by atoms with Gasteiger partial charge >= 0.3 is 0 Å². The molecule has 0 aromatic carbocycles. The Kier molecular flexibility index (Phi) is 3.82. The summed E-state index contributed by atoms with van der Waals surface area (Å²) >= 11 is 0. The quantitative estimate of drug-likeness (QED) is 0.608. The minimum Gasteiger partial charge on any atom is -0.393 e. The van der Waals surface area contributed by atoms with Crippen molar-refractivity contribution in [3.8, 4) is 0 Å². The monoisotopic (exact) mass is 326 g/mol. The maximum Gasteiger partial charge on any atom is 0.224 e. The third kappa shape index (κ3) is 2.21. The lowest BCUT2D eigenvalue weighted by Gasteiger charge is -2.28. The van der Waals surface area contributed by atoms with Crippen molar-refractivity contribution in [1.29, 1.82) is 0 Å². The first kappa shape index (κ1) is 15.8. The molecule has 9 nitrogen and oxygen atoms in total. The number of fused-ring (bicyclic) bond motifs is 1. The van der Waals surface area contributed by atoms with E-state index in [9.17, 15) is 14.6 Å². The number of aliphatic hydroxyl groups is 2. The highest BCUT2D eigenvalue weighted by Gasteiger charge is 2.55. The normalized spacial score (nSPS) is 30.9. The molecule has 1 saturated heterocycles. The van der Waals surface area contributed by atoms with Crippen LogP contribution in [0.3, 0.4) is 0 Å². The Bertz CT molecular complexity index is 719. The van der Waals surface area contributed by atoms with E-state index in [0.29, 0.717) is 11.3 Å². The standard InChI is InChI=1S/C13H19FN6O3/c1-3-13(4-21)8(22)6(14)11(23-13)20-5-17-7-9(16-2)18-12(15)19-10(7)20/h5-6,8,11,21-22H,3-4H2,1-2H3,(H3,15,16,18,19)/t6-,8+,11-,13-/m1/s1. The van der Waals surface area contributed by atoms with Crippen molar-refractivity contribution in [1.82, 2.24) is 19.5 Å². The third-order valence-corrected chi connectivity index (χ3v) is 4.28. The molecule has 3 rings (SSSR count). The van der Waals surface area contributed by atoms with Crippen LogP contribution in [0.1, 0.15) is 19.6 Å². The number of aromatic nitrogens is 4. The molecule has 2 aromatic rings. The van der Waals surface area contributed by atoms with Gasteiger partial charge in [0.15, 0.2) is 29.4 Å². The van der Waals surface area contributed by atoms with Crippen molar-refractivity contribution in [2.24, 2.45) is 0 Å². The second kappa shape index (κ2) is 5.55. The van der Waals surface area contributed by atoms with Crippen LogP contribution < -0.4 is 11.1 Å².